The van der Waals surface area contributed by atoms with Crippen LogP contribution in [0, 0.1) is 0 Å². The van der Waals surface area contributed by atoms with Crippen molar-refractivity contribution in [2.45, 2.75) is 51.7 Å². The molecule has 0 bridgehead atoms. The second-order valence-corrected chi connectivity index (χ2v) is 8.25. The van der Waals surface area contributed by atoms with Crippen LogP contribution in [0.3, 0.4) is 0 Å². The average molecular weight is 353 g/mol. The molecule has 0 aromatic heterocycles. The minimum Gasteiger partial charge on any atom is -0.331 e. The van der Waals surface area contributed by atoms with E-state index in [4.69, 9.17) is 9.05 Å². The molecule has 1 aromatic rings. The molecule has 1 amide bonds. The van der Waals surface area contributed by atoms with E-state index in [1.165, 1.54) is 0 Å². The first-order valence-corrected chi connectivity index (χ1v) is 10.3. The van der Waals surface area contributed by atoms with Crippen LogP contribution in [-0.4, -0.2) is 36.2 Å². The zero-order valence-corrected chi connectivity index (χ0v) is 15.9. The SMILES string of the molecule is CCCCN1C(=O)[C@@H](P(=O)(OCC)OCC)[C@@]1(C)c1ccccc1. The lowest BCUT2D eigenvalue weighted by atomic mass is 9.78. The molecule has 0 radical (unpaired) electrons. The van der Waals surface area contributed by atoms with Gasteiger partial charge in [0.15, 0.2) is 5.66 Å². The Bertz CT molecular complexity index is 596. The summed E-state index contributed by atoms with van der Waals surface area (Å²) in [7, 11) is -3.53. The summed E-state index contributed by atoms with van der Waals surface area (Å²) in [5, 5.41) is 0. The number of β-lactam (4-membered cyclic amide) rings is 1. The number of hydrogen-bond acceptors (Lipinski definition) is 4. The molecule has 1 aliphatic rings. The third-order valence-corrected chi connectivity index (χ3v) is 7.21. The lowest BCUT2D eigenvalue weighted by Crippen LogP contribution is -2.70. The Labute approximate surface area is 144 Å². The van der Waals surface area contributed by atoms with E-state index in [0.717, 1.165) is 18.4 Å². The summed E-state index contributed by atoms with van der Waals surface area (Å²) < 4.78 is 24.3. The van der Waals surface area contributed by atoms with E-state index in [2.05, 4.69) is 6.92 Å². The normalized spacial score (nSPS) is 24.1. The van der Waals surface area contributed by atoms with Crippen LogP contribution >= 0.6 is 7.60 Å². The highest BCUT2D eigenvalue weighted by Gasteiger charge is 2.66. The number of carbonyl (C=O) groups is 1. The fourth-order valence-electron chi connectivity index (χ4n) is 3.44. The molecule has 1 aromatic carbocycles. The number of likely N-dealkylation sites (tertiary alicyclic amines) is 1. The lowest BCUT2D eigenvalue weighted by Gasteiger charge is -2.57. The van der Waals surface area contributed by atoms with Crippen molar-refractivity contribution < 1.29 is 18.4 Å². The summed E-state index contributed by atoms with van der Waals surface area (Å²) in [6.07, 6.45) is 1.91. The highest BCUT2D eigenvalue weighted by molar-refractivity contribution is 7.56. The average Bonchev–Trinajstić information content (AvgIpc) is 2.56. The fraction of sp³-hybridized carbons (Fsp3) is 0.611. The second-order valence-electron chi connectivity index (χ2n) is 6.13. The first kappa shape index (κ1) is 19.2. The molecule has 1 aliphatic heterocycles. The number of unbranched alkanes of at least 4 members (excludes halogenated alkanes) is 1. The van der Waals surface area contributed by atoms with Gasteiger partial charge in [-0.3, -0.25) is 9.36 Å². The van der Waals surface area contributed by atoms with Crippen molar-refractivity contribution in [2.75, 3.05) is 19.8 Å². The lowest BCUT2D eigenvalue weighted by molar-refractivity contribution is -0.156. The largest absolute Gasteiger partial charge is 0.345 e. The predicted molar refractivity (Wildman–Crippen MR) is 95.1 cm³/mol. The third-order valence-electron chi connectivity index (χ3n) is 4.62. The van der Waals surface area contributed by atoms with Gasteiger partial charge in [0.05, 0.1) is 18.8 Å². The Kier molecular flexibility index (Phi) is 6.24. The summed E-state index contributed by atoms with van der Waals surface area (Å²) in [6.45, 7) is 8.74. The molecule has 134 valence electrons. The molecule has 6 heteroatoms. The van der Waals surface area contributed by atoms with E-state index in [-0.39, 0.29) is 19.1 Å². The number of amides is 1. The van der Waals surface area contributed by atoms with Crippen molar-refractivity contribution >= 4 is 13.5 Å². The van der Waals surface area contributed by atoms with Crippen molar-refractivity contribution in [3.63, 3.8) is 0 Å². The van der Waals surface area contributed by atoms with Crippen molar-refractivity contribution in [2.24, 2.45) is 0 Å². The molecule has 2 atom stereocenters. The van der Waals surface area contributed by atoms with Crippen LogP contribution in [0.5, 0.6) is 0 Å². The van der Waals surface area contributed by atoms with Crippen LogP contribution in [0.25, 0.3) is 0 Å². The number of rotatable bonds is 9. The van der Waals surface area contributed by atoms with Gasteiger partial charge in [0.25, 0.3) is 0 Å². The quantitative estimate of drug-likeness (QED) is 0.494. The van der Waals surface area contributed by atoms with Gasteiger partial charge in [0, 0.05) is 6.54 Å². The molecule has 1 saturated heterocycles. The van der Waals surface area contributed by atoms with E-state index >= 15 is 0 Å². The Morgan fingerprint density at radius 3 is 2.21 bits per heavy atom. The van der Waals surface area contributed by atoms with Crippen LogP contribution in [0.2, 0.25) is 0 Å². The predicted octanol–water partition coefficient (Wildman–Crippen LogP) is 4.18. The molecule has 0 unspecified atom stereocenters. The Hall–Kier alpha value is -1.16. The van der Waals surface area contributed by atoms with Gasteiger partial charge in [0.2, 0.25) is 5.91 Å². The van der Waals surface area contributed by atoms with Crippen molar-refractivity contribution in [3.05, 3.63) is 35.9 Å². The van der Waals surface area contributed by atoms with Gasteiger partial charge < -0.3 is 13.9 Å². The van der Waals surface area contributed by atoms with Gasteiger partial charge in [0.1, 0.15) is 0 Å². The van der Waals surface area contributed by atoms with Gasteiger partial charge in [-0.1, -0.05) is 43.7 Å². The molecule has 1 fully saturated rings. The maximum absolute atomic E-state index is 13.3. The molecule has 0 N–H and O–H groups in total. The standard InChI is InChI=1S/C18H28NO4P/c1-5-8-14-19-17(20)16(24(21,22-6-2)23-7-3)18(19,4)15-12-10-9-11-13-15/h9-13,16H,5-8,14H2,1-4H3/t16-,18-/m1/s1. The maximum atomic E-state index is 13.3. The van der Waals surface area contributed by atoms with Crippen LogP contribution in [0.15, 0.2) is 30.3 Å². The minimum atomic E-state index is -3.53. The Morgan fingerprint density at radius 1 is 1.12 bits per heavy atom. The first-order valence-electron chi connectivity index (χ1n) is 8.71. The third kappa shape index (κ3) is 3.17. The van der Waals surface area contributed by atoms with Crippen LogP contribution in [0.1, 0.15) is 46.1 Å². The Balaban J connectivity index is 2.45. The smallest absolute Gasteiger partial charge is 0.331 e. The van der Waals surface area contributed by atoms with Gasteiger partial charge in [-0.2, -0.15) is 0 Å². The number of carbonyl (C=O) groups excluding carboxylic acids is 1. The van der Waals surface area contributed by atoms with Crippen molar-refractivity contribution in [3.8, 4) is 0 Å². The van der Waals surface area contributed by atoms with Gasteiger partial charge >= 0.3 is 7.60 Å². The Morgan fingerprint density at radius 2 is 1.71 bits per heavy atom. The molecular formula is C18H28NO4P. The van der Waals surface area contributed by atoms with Crippen LogP contribution in [0.4, 0.5) is 0 Å². The second kappa shape index (κ2) is 7.81. The van der Waals surface area contributed by atoms with Crippen LogP contribution < -0.4 is 0 Å². The monoisotopic (exact) mass is 353 g/mol. The maximum Gasteiger partial charge on any atom is 0.345 e. The van der Waals surface area contributed by atoms with Crippen molar-refractivity contribution in [1.29, 1.82) is 0 Å². The summed E-state index contributed by atoms with van der Waals surface area (Å²) in [4.78, 5) is 14.7. The molecule has 0 saturated carbocycles. The zero-order valence-electron chi connectivity index (χ0n) is 15.0. The first-order chi connectivity index (χ1) is 11.5. The molecule has 24 heavy (non-hydrogen) atoms. The van der Waals surface area contributed by atoms with Gasteiger partial charge in [-0.25, -0.2) is 0 Å². The van der Waals surface area contributed by atoms with E-state index in [9.17, 15) is 9.36 Å². The van der Waals surface area contributed by atoms with E-state index in [1.54, 1.807) is 13.8 Å². The molecule has 0 aliphatic carbocycles. The summed E-state index contributed by atoms with van der Waals surface area (Å²) in [5.74, 6) is -0.139. The fourth-order valence-corrected chi connectivity index (χ4v) is 5.84. The zero-order chi connectivity index (χ0) is 17.8. The van der Waals surface area contributed by atoms with E-state index in [0.29, 0.717) is 6.54 Å². The van der Waals surface area contributed by atoms with Crippen LogP contribution in [-0.2, 0) is 23.9 Å². The highest BCUT2D eigenvalue weighted by Crippen LogP contribution is 2.64. The van der Waals surface area contributed by atoms with Gasteiger partial charge in [-0.15, -0.1) is 0 Å². The topological polar surface area (TPSA) is 55.8 Å². The molecule has 5 nitrogen and oxygen atoms in total. The highest BCUT2D eigenvalue weighted by atomic mass is 31.2. The molecular weight excluding hydrogens is 325 g/mol. The van der Waals surface area contributed by atoms with E-state index < -0.39 is 18.8 Å². The summed E-state index contributed by atoms with van der Waals surface area (Å²) >= 11 is 0. The molecule has 2 rings (SSSR count). The summed E-state index contributed by atoms with van der Waals surface area (Å²) in [5.41, 5.74) is -0.498. The van der Waals surface area contributed by atoms with Gasteiger partial charge in [-0.05, 0) is 32.8 Å². The molecule has 0 spiro atoms. The number of hydrogen-bond donors (Lipinski definition) is 0. The summed E-state index contributed by atoms with van der Waals surface area (Å²) in [6, 6.07) is 9.75. The van der Waals surface area contributed by atoms with Crippen molar-refractivity contribution in [1.82, 2.24) is 4.90 Å². The number of benzene rings is 1. The molecule has 1 heterocycles. The minimum absolute atomic E-state index is 0.139. The van der Waals surface area contributed by atoms with E-state index in [1.807, 2.05) is 42.2 Å². The number of nitrogens with zero attached hydrogens (tertiary/aromatic N) is 1.